The summed E-state index contributed by atoms with van der Waals surface area (Å²) >= 11 is 0. The Hall–Kier alpha value is -0.650. The van der Waals surface area contributed by atoms with E-state index in [-0.39, 0.29) is 12.0 Å². The van der Waals surface area contributed by atoms with E-state index in [0.29, 0.717) is 19.2 Å². The molecule has 1 amide bonds. The predicted molar refractivity (Wildman–Crippen MR) is 61.3 cm³/mol. The summed E-state index contributed by atoms with van der Waals surface area (Å²) in [5, 5.41) is 6.14. The Morgan fingerprint density at radius 1 is 1.62 bits per heavy atom. The van der Waals surface area contributed by atoms with Crippen LogP contribution in [0.1, 0.15) is 12.8 Å². The number of carbonyl (C=O) groups is 1. The van der Waals surface area contributed by atoms with Crippen LogP contribution in [-0.2, 0) is 9.53 Å². The van der Waals surface area contributed by atoms with Crippen molar-refractivity contribution in [2.75, 3.05) is 39.8 Å². The second kappa shape index (κ2) is 5.61. The maximum Gasteiger partial charge on any atom is 0.250 e. The zero-order valence-electron chi connectivity index (χ0n) is 9.87. The molecule has 2 heterocycles. The molecule has 5 heteroatoms. The maximum absolute atomic E-state index is 11.8. The fraction of sp³-hybridized carbons (Fsp3) is 0.909. The number of hydrogen-bond acceptors (Lipinski definition) is 4. The van der Waals surface area contributed by atoms with Crippen molar-refractivity contribution in [1.29, 1.82) is 0 Å². The molecule has 16 heavy (non-hydrogen) atoms. The Bertz CT molecular complexity index is 241. The highest BCUT2D eigenvalue weighted by Crippen LogP contribution is 2.13. The van der Waals surface area contributed by atoms with E-state index < -0.39 is 0 Å². The minimum Gasteiger partial charge on any atom is -0.366 e. The van der Waals surface area contributed by atoms with Crippen molar-refractivity contribution < 1.29 is 9.53 Å². The lowest BCUT2D eigenvalue weighted by atomic mass is 10.2. The van der Waals surface area contributed by atoms with Crippen molar-refractivity contribution in [3.63, 3.8) is 0 Å². The van der Waals surface area contributed by atoms with Gasteiger partial charge in [-0.1, -0.05) is 0 Å². The van der Waals surface area contributed by atoms with Crippen LogP contribution in [0.15, 0.2) is 0 Å². The van der Waals surface area contributed by atoms with Crippen molar-refractivity contribution in [3.05, 3.63) is 0 Å². The minimum absolute atomic E-state index is 0.0208. The highest BCUT2D eigenvalue weighted by Gasteiger charge is 2.25. The predicted octanol–water partition coefficient (Wildman–Crippen LogP) is -0.815. The molecular weight excluding hydrogens is 206 g/mol. The molecule has 2 rings (SSSR count). The molecule has 2 unspecified atom stereocenters. The third-order valence-electron chi connectivity index (χ3n) is 3.40. The van der Waals surface area contributed by atoms with Gasteiger partial charge in [-0.3, -0.25) is 4.79 Å². The number of amides is 1. The lowest BCUT2D eigenvalue weighted by Crippen LogP contribution is -2.50. The van der Waals surface area contributed by atoms with Gasteiger partial charge in [0.25, 0.3) is 5.91 Å². The zero-order valence-corrected chi connectivity index (χ0v) is 9.87. The molecule has 0 aromatic rings. The molecule has 0 aromatic carbocycles. The molecular formula is C11H21N3O2. The van der Waals surface area contributed by atoms with Crippen LogP contribution < -0.4 is 10.6 Å². The smallest absolute Gasteiger partial charge is 0.250 e. The van der Waals surface area contributed by atoms with Gasteiger partial charge in [0.15, 0.2) is 0 Å². The SMILES string of the molecule is CN1CCCC1CNC(=O)C1CNCCO1. The molecule has 2 aliphatic rings. The maximum atomic E-state index is 11.8. The van der Waals surface area contributed by atoms with Gasteiger partial charge in [0.1, 0.15) is 6.10 Å². The van der Waals surface area contributed by atoms with Gasteiger partial charge in [0.2, 0.25) is 0 Å². The summed E-state index contributed by atoms with van der Waals surface area (Å²) in [4.78, 5) is 14.1. The fourth-order valence-electron chi connectivity index (χ4n) is 2.30. The summed E-state index contributed by atoms with van der Waals surface area (Å²) in [6.07, 6.45) is 2.11. The number of morpholine rings is 1. The lowest BCUT2D eigenvalue weighted by Gasteiger charge is -2.25. The normalized spacial score (nSPS) is 31.6. The number of rotatable bonds is 3. The van der Waals surface area contributed by atoms with Crippen LogP contribution >= 0.6 is 0 Å². The number of hydrogen-bond donors (Lipinski definition) is 2. The molecule has 2 aliphatic heterocycles. The molecule has 0 spiro atoms. The Morgan fingerprint density at radius 3 is 3.12 bits per heavy atom. The Labute approximate surface area is 96.5 Å². The van der Waals surface area contributed by atoms with E-state index in [9.17, 15) is 4.79 Å². The first-order chi connectivity index (χ1) is 7.77. The van der Waals surface area contributed by atoms with Crippen LogP contribution in [0.3, 0.4) is 0 Å². The summed E-state index contributed by atoms with van der Waals surface area (Å²) in [6, 6.07) is 0.500. The number of nitrogens with one attached hydrogen (secondary N) is 2. The first kappa shape index (κ1) is 11.8. The molecule has 2 atom stereocenters. The molecule has 0 aliphatic carbocycles. The molecule has 2 fully saturated rings. The van der Waals surface area contributed by atoms with Gasteiger partial charge in [-0.15, -0.1) is 0 Å². The van der Waals surface area contributed by atoms with Gasteiger partial charge < -0.3 is 20.3 Å². The average molecular weight is 227 g/mol. The number of likely N-dealkylation sites (tertiary alicyclic amines) is 1. The van der Waals surface area contributed by atoms with Crippen LogP contribution in [0, 0.1) is 0 Å². The first-order valence-electron chi connectivity index (χ1n) is 6.07. The highest BCUT2D eigenvalue weighted by molar-refractivity contribution is 5.81. The van der Waals surface area contributed by atoms with Gasteiger partial charge in [-0.05, 0) is 26.4 Å². The Balaban J connectivity index is 1.70. The van der Waals surface area contributed by atoms with Crippen LogP contribution in [0.5, 0.6) is 0 Å². The number of likely N-dealkylation sites (N-methyl/N-ethyl adjacent to an activating group) is 1. The summed E-state index contributed by atoms with van der Waals surface area (Å²) in [7, 11) is 2.11. The van der Waals surface area contributed by atoms with E-state index in [1.165, 1.54) is 12.8 Å². The van der Waals surface area contributed by atoms with E-state index in [0.717, 1.165) is 19.6 Å². The van der Waals surface area contributed by atoms with E-state index in [4.69, 9.17) is 4.74 Å². The molecule has 0 bridgehead atoms. The quantitative estimate of drug-likeness (QED) is 0.662. The van der Waals surface area contributed by atoms with Gasteiger partial charge in [-0.25, -0.2) is 0 Å². The first-order valence-corrected chi connectivity index (χ1v) is 6.07. The number of nitrogens with zero attached hydrogens (tertiary/aromatic N) is 1. The van der Waals surface area contributed by atoms with Crippen molar-refractivity contribution in [1.82, 2.24) is 15.5 Å². The van der Waals surface area contributed by atoms with Gasteiger partial charge in [0.05, 0.1) is 6.61 Å². The summed E-state index contributed by atoms with van der Waals surface area (Å²) in [6.45, 7) is 3.99. The molecule has 0 radical (unpaired) electrons. The highest BCUT2D eigenvalue weighted by atomic mass is 16.5. The second-order valence-corrected chi connectivity index (χ2v) is 4.59. The molecule has 0 saturated carbocycles. The van der Waals surface area contributed by atoms with E-state index in [1.54, 1.807) is 0 Å². The number of ether oxygens (including phenoxy) is 1. The van der Waals surface area contributed by atoms with Crippen molar-refractivity contribution in [2.45, 2.75) is 25.0 Å². The molecule has 5 nitrogen and oxygen atoms in total. The number of carbonyl (C=O) groups excluding carboxylic acids is 1. The van der Waals surface area contributed by atoms with E-state index in [1.807, 2.05) is 0 Å². The van der Waals surface area contributed by atoms with Gasteiger partial charge in [0, 0.05) is 25.7 Å². The van der Waals surface area contributed by atoms with E-state index in [2.05, 4.69) is 22.6 Å². The second-order valence-electron chi connectivity index (χ2n) is 4.59. The van der Waals surface area contributed by atoms with Crippen LogP contribution in [0.4, 0.5) is 0 Å². The monoisotopic (exact) mass is 227 g/mol. The Kier molecular flexibility index (Phi) is 4.15. The zero-order chi connectivity index (χ0) is 11.4. The Morgan fingerprint density at radius 2 is 2.50 bits per heavy atom. The minimum atomic E-state index is -0.305. The van der Waals surface area contributed by atoms with Crippen molar-refractivity contribution in [3.8, 4) is 0 Å². The fourth-order valence-corrected chi connectivity index (χ4v) is 2.30. The van der Waals surface area contributed by atoms with Crippen LogP contribution in [0.25, 0.3) is 0 Å². The summed E-state index contributed by atoms with van der Waals surface area (Å²) in [5.41, 5.74) is 0. The van der Waals surface area contributed by atoms with Crippen LogP contribution in [-0.4, -0.2) is 62.8 Å². The van der Waals surface area contributed by atoms with Gasteiger partial charge in [-0.2, -0.15) is 0 Å². The summed E-state index contributed by atoms with van der Waals surface area (Å²) in [5.74, 6) is 0.0208. The molecule has 2 N–H and O–H groups in total. The molecule has 92 valence electrons. The topological polar surface area (TPSA) is 53.6 Å². The van der Waals surface area contributed by atoms with Crippen LogP contribution in [0.2, 0.25) is 0 Å². The third-order valence-corrected chi connectivity index (χ3v) is 3.40. The van der Waals surface area contributed by atoms with Crippen molar-refractivity contribution >= 4 is 5.91 Å². The average Bonchev–Trinajstić information content (AvgIpc) is 2.73. The lowest BCUT2D eigenvalue weighted by molar-refractivity contribution is -0.134. The largest absolute Gasteiger partial charge is 0.366 e. The van der Waals surface area contributed by atoms with E-state index >= 15 is 0 Å². The standard InChI is InChI=1S/C11H21N3O2/c1-14-5-2-3-9(14)7-13-11(15)10-8-12-4-6-16-10/h9-10,12H,2-8H2,1H3,(H,13,15). The molecule has 2 saturated heterocycles. The molecule has 0 aromatic heterocycles. The summed E-state index contributed by atoms with van der Waals surface area (Å²) < 4.78 is 5.39. The third kappa shape index (κ3) is 2.93. The van der Waals surface area contributed by atoms with Gasteiger partial charge >= 0.3 is 0 Å². The van der Waals surface area contributed by atoms with Crippen molar-refractivity contribution in [2.24, 2.45) is 0 Å².